The van der Waals surface area contributed by atoms with Crippen molar-refractivity contribution < 1.29 is 0 Å². The summed E-state index contributed by atoms with van der Waals surface area (Å²) >= 11 is 3.76. The van der Waals surface area contributed by atoms with Crippen LogP contribution in [0.15, 0.2) is 138 Å². The second-order valence-electron chi connectivity index (χ2n) is 10.6. The van der Waals surface area contributed by atoms with Crippen LogP contribution < -0.4 is 0 Å². The molecular weight excluding hydrogens is 538 g/mol. The first kappa shape index (κ1) is 21.5. The van der Waals surface area contributed by atoms with Crippen LogP contribution in [-0.4, -0.2) is 4.57 Å². The smallest absolute Gasteiger partial charge is 0.0725 e. The first-order valence-corrected chi connectivity index (χ1v) is 14.2. The van der Waals surface area contributed by atoms with E-state index in [0.717, 1.165) is 4.47 Å². The lowest BCUT2D eigenvalue weighted by Crippen LogP contribution is -2.25. The Labute approximate surface area is 235 Å². The van der Waals surface area contributed by atoms with E-state index >= 15 is 0 Å². The van der Waals surface area contributed by atoms with Crippen LogP contribution in [-0.2, 0) is 5.41 Å². The van der Waals surface area contributed by atoms with Gasteiger partial charge in [0.25, 0.3) is 0 Å². The molecule has 2 heteroatoms. The standard InChI is InChI=1S/C37H22BrN/c38-23-18-19-35-29(20-23)30-21-34-28(22-36(30)39(35)24-10-2-1-3-11-24)27-14-6-9-17-33(27)37(34)31-15-7-4-12-25(31)26-13-5-8-16-32(26)37/h1-22H. The number of benzene rings is 6. The van der Waals surface area contributed by atoms with Gasteiger partial charge >= 0.3 is 0 Å². The molecule has 0 fully saturated rings. The molecule has 1 heterocycles. The van der Waals surface area contributed by atoms with E-state index in [0.29, 0.717) is 0 Å². The minimum Gasteiger partial charge on any atom is -0.309 e. The molecule has 0 saturated heterocycles. The normalized spacial score (nSPS) is 14.0. The lowest BCUT2D eigenvalue weighted by atomic mass is 9.70. The van der Waals surface area contributed by atoms with Crippen LogP contribution in [0.3, 0.4) is 0 Å². The van der Waals surface area contributed by atoms with Gasteiger partial charge in [-0.2, -0.15) is 0 Å². The first-order chi connectivity index (χ1) is 19.3. The van der Waals surface area contributed by atoms with Crippen molar-refractivity contribution in [3.63, 3.8) is 0 Å². The predicted octanol–water partition coefficient (Wildman–Crippen LogP) is 9.89. The zero-order valence-corrected chi connectivity index (χ0v) is 22.6. The van der Waals surface area contributed by atoms with Crippen LogP contribution in [0, 0.1) is 0 Å². The van der Waals surface area contributed by atoms with Gasteiger partial charge in [0.15, 0.2) is 0 Å². The third-order valence-electron chi connectivity index (χ3n) is 8.86. The molecule has 0 N–H and O–H groups in total. The Morgan fingerprint density at radius 2 is 0.974 bits per heavy atom. The summed E-state index contributed by atoms with van der Waals surface area (Å²) in [5.74, 6) is 0. The van der Waals surface area contributed by atoms with Gasteiger partial charge in [-0.3, -0.25) is 0 Å². The van der Waals surface area contributed by atoms with Crippen LogP contribution >= 0.6 is 15.9 Å². The number of halogens is 1. The third-order valence-corrected chi connectivity index (χ3v) is 9.35. The molecule has 2 aliphatic carbocycles. The zero-order chi connectivity index (χ0) is 25.7. The van der Waals surface area contributed by atoms with Crippen molar-refractivity contribution in [1.29, 1.82) is 0 Å². The summed E-state index contributed by atoms with van der Waals surface area (Å²) in [7, 11) is 0. The average Bonchev–Trinajstić information content (AvgIpc) is 3.58. The quantitative estimate of drug-likeness (QED) is 0.188. The fourth-order valence-corrected chi connectivity index (χ4v) is 7.79. The molecule has 0 saturated carbocycles. The Bertz CT molecular complexity index is 2090. The van der Waals surface area contributed by atoms with Crippen molar-refractivity contribution in [3.8, 4) is 27.9 Å². The van der Waals surface area contributed by atoms with Gasteiger partial charge in [-0.1, -0.05) is 107 Å². The van der Waals surface area contributed by atoms with Crippen LogP contribution in [0.25, 0.3) is 49.7 Å². The van der Waals surface area contributed by atoms with E-state index in [2.05, 4.69) is 154 Å². The molecule has 1 aromatic heterocycles. The maximum absolute atomic E-state index is 3.76. The van der Waals surface area contributed by atoms with Crippen molar-refractivity contribution in [2.75, 3.05) is 0 Å². The van der Waals surface area contributed by atoms with Crippen molar-refractivity contribution in [1.82, 2.24) is 4.57 Å². The number of hydrogen-bond acceptors (Lipinski definition) is 0. The van der Waals surface area contributed by atoms with Gasteiger partial charge in [0, 0.05) is 20.9 Å². The second-order valence-corrected chi connectivity index (χ2v) is 11.5. The highest BCUT2D eigenvalue weighted by Gasteiger charge is 2.51. The molecular formula is C37H22BrN. The number of rotatable bonds is 1. The summed E-state index contributed by atoms with van der Waals surface area (Å²) < 4.78 is 3.51. The first-order valence-electron chi connectivity index (χ1n) is 13.4. The summed E-state index contributed by atoms with van der Waals surface area (Å²) in [6.45, 7) is 0. The van der Waals surface area contributed by atoms with Crippen molar-refractivity contribution in [2.45, 2.75) is 5.41 Å². The molecule has 2 aliphatic rings. The Kier molecular flexibility index (Phi) is 4.19. The van der Waals surface area contributed by atoms with Gasteiger partial charge in [-0.15, -0.1) is 0 Å². The topological polar surface area (TPSA) is 4.93 Å². The van der Waals surface area contributed by atoms with Gasteiger partial charge in [0.05, 0.1) is 16.4 Å². The molecule has 0 bridgehead atoms. The number of fused-ring (bicyclic) bond motifs is 13. The Balaban J connectivity index is 1.49. The van der Waals surface area contributed by atoms with Crippen LogP contribution in [0.4, 0.5) is 0 Å². The van der Waals surface area contributed by atoms with Crippen molar-refractivity contribution in [2.24, 2.45) is 0 Å². The molecule has 1 nitrogen and oxygen atoms in total. The van der Waals surface area contributed by atoms with E-state index in [9.17, 15) is 0 Å². The van der Waals surface area contributed by atoms with Crippen LogP contribution in [0.1, 0.15) is 22.3 Å². The van der Waals surface area contributed by atoms with Gasteiger partial charge in [0.2, 0.25) is 0 Å². The molecule has 0 amide bonds. The highest BCUT2D eigenvalue weighted by atomic mass is 79.9. The SMILES string of the molecule is Brc1ccc2c(c1)c1cc3c(cc1n2-c1ccccc1)-c1ccccc1C31c2ccccc2-c2ccccc21. The maximum atomic E-state index is 3.76. The minimum atomic E-state index is -0.333. The van der Waals surface area contributed by atoms with E-state index in [-0.39, 0.29) is 5.41 Å². The minimum absolute atomic E-state index is 0.333. The number of hydrogen-bond donors (Lipinski definition) is 0. The molecule has 7 aromatic rings. The Morgan fingerprint density at radius 3 is 1.62 bits per heavy atom. The Morgan fingerprint density at radius 1 is 0.436 bits per heavy atom. The molecule has 182 valence electrons. The van der Waals surface area contributed by atoms with Gasteiger partial charge in [-0.05, 0) is 87.0 Å². The van der Waals surface area contributed by atoms with Gasteiger partial charge in [-0.25, -0.2) is 0 Å². The lowest BCUT2D eigenvalue weighted by molar-refractivity contribution is 0.795. The molecule has 0 radical (unpaired) electrons. The van der Waals surface area contributed by atoms with Gasteiger partial charge < -0.3 is 4.57 Å². The molecule has 6 aromatic carbocycles. The fourth-order valence-electron chi connectivity index (χ4n) is 7.43. The van der Waals surface area contributed by atoms with E-state index < -0.39 is 0 Å². The summed E-state index contributed by atoms with van der Waals surface area (Å²) in [5.41, 5.74) is 14.1. The molecule has 0 aliphatic heterocycles. The van der Waals surface area contributed by atoms with Crippen molar-refractivity contribution >= 4 is 37.7 Å². The summed E-state index contributed by atoms with van der Waals surface area (Å²) in [4.78, 5) is 0. The maximum Gasteiger partial charge on any atom is 0.0725 e. The van der Waals surface area contributed by atoms with E-state index in [1.807, 2.05) is 0 Å². The number of nitrogens with zero attached hydrogens (tertiary/aromatic N) is 1. The van der Waals surface area contributed by atoms with Crippen LogP contribution in [0.5, 0.6) is 0 Å². The second kappa shape index (κ2) is 7.59. The van der Waals surface area contributed by atoms with E-state index in [1.54, 1.807) is 0 Å². The third kappa shape index (κ3) is 2.60. The molecule has 39 heavy (non-hydrogen) atoms. The molecule has 0 atom stereocenters. The molecule has 0 unspecified atom stereocenters. The van der Waals surface area contributed by atoms with Crippen molar-refractivity contribution in [3.05, 3.63) is 160 Å². The summed E-state index contributed by atoms with van der Waals surface area (Å²) in [5, 5.41) is 2.54. The highest BCUT2D eigenvalue weighted by molar-refractivity contribution is 9.10. The number of aromatic nitrogens is 1. The molecule has 9 rings (SSSR count). The van der Waals surface area contributed by atoms with E-state index in [4.69, 9.17) is 0 Å². The summed E-state index contributed by atoms with van der Waals surface area (Å²) in [6, 6.07) is 49.4. The number of para-hydroxylation sites is 1. The monoisotopic (exact) mass is 559 g/mol. The lowest BCUT2D eigenvalue weighted by Gasteiger charge is -2.30. The van der Waals surface area contributed by atoms with Gasteiger partial charge in [0.1, 0.15) is 0 Å². The molecule has 1 spiro atoms. The van der Waals surface area contributed by atoms with Crippen LogP contribution in [0.2, 0.25) is 0 Å². The average molecular weight is 560 g/mol. The Hall–Kier alpha value is -4.40. The fraction of sp³-hybridized carbons (Fsp3) is 0.0270. The largest absolute Gasteiger partial charge is 0.309 e. The predicted molar refractivity (Wildman–Crippen MR) is 165 cm³/mol. The highest BCUT2D eigenvalue weighted by Crippen LogP contribution is 2.63. The summed E-state index contributed by atoms with van der Waals surface area (Å²) in [6.07, 6.45) is 0. The van der Waals surface area contributed by atoms with E-state index in [1.165, 1.54) is 72.0 Å². The zero-order valence-electron chi connectivity index (χ0n) is 21.0.